The number of carbonyl (C=O) groups is 1. The third-order valence-corrected chi connectivity index (χ3v) is 5.76. The minimum atomic E-state index is -0.907. The molecule has 0 spiro atoms. The Morgan fingerprint density at radius 3 is 2.79 bits per heavy atom. The second kappa shape index (κ2) is 7.00. The highest BCUT2D eigenvalue weighted by Gasteiger charge is 2.34. The van der Waals surface area contributed by atoms with Crippen LogP contribution in [0.15, 0.2) is 53.1 Å². The van der Waals surface area contributed by atoms with Gasteiger partial charge in [-0.15, -0.1) is 0 Å². The van der Waals surface area contributed by atoms with E-state index >= 15 is 0 Å². The van der Waals surface area contributed by atoms with Gasteiger partial charge in [-0.25, -0.2) is 9.37 Å². The molecule has 7 heteroatoms. The van der Waals surface area contributed by atoms with E-state index in [1.54, 1.807) is 12.3 Å². The number of hydrogen-bond donors (Lipinski definition) is 2. The molecule has 0 radical (unpaired) electrons. The number of H-pyrrole nitrogens is 1. The monoisotopic (exact) mass is 393 g/mol. The van der Waals surface area contributed by atoms with Gasteiger partial charge in [-0.2, -0.15) is 0 Å². The number of benzene rings is 2. The Morgan fingerprint density at radius 1 is 1.24 bits per heavy atom. The number of likely N-dealkylation sites (tertiary alicyclic amines) is 1. The number of carboxylic acids is 1. The molecule has 2 aromatic carbocycles. The highest BCUT2D eigenvalue weighted by atomic mass is 19.1. The summed E-state index contributed by atoms with van der Waals surface area (Å²) in [5.74, 6) is -0.363. The number of hydrogen-bond acceptors (Lipinski definition) is 4. The van der Waals surface area contributed by atoms with E-state index in [2.05, 4.69) is 9.97 Å². The summed E-state index contributed by atoms with van der Waals surface area (Å²) in [5, 5.41) is 10.7. The summed E-state index contributed by atoms with van der Waals surface area (Å²) >= 11 is 0. The van der Waals surface area contributed by atoms with Gasteiger partial charge in [0.25, 0.3) is 0 Å². The predicted octanol–water partition coefficient (Wildman–Crippen LogP) is 4.45. The predicted molar refractivity (Wildman–Crippen MR) is 106 cm³/mol. The van der Waals surface area contributed by atoms with Crippen molar-refractivity contribution in [1.29, 1.82) is 0 Å². The standard InChI is InChI=1S/C22H20FN3O3/c23-14-5-6-15-16(12-24-18(15)11-14)20(22(27)28)26-9-7-13(8-10-26)21-25-17-3-1-2-4-19(17)29-21/h1-6,11-13,20,24H,7-10H2,(H,27,28)/t20-/m0/s1. The Hall–Kier alpha value is -3.19. The summed E-state index contributed by atoms with van der Waals surface area (Å²) in [5.41, 5.74) is 2.89. The summed E-state index contributed by atoms with van der Waals surface area (Å²) in [6.45, 7) is 1.24. The first-order valence-corrected chi connectivity index (χ1v) is 9.69. The summed E-state index contributed by atoms with van der Waals surface area (Å²) in [6.07, 6.45) is 3.22. The van der Waals surface area contributed by atoms with Crippen molar-refractivity contribution in [3.63, 3.8) is 0 Å². The Kier molecular flexibility index (Phi) is 4.32. The molecule has 29 heavy (non-hydrogen) atoms. The average molecular weight is 393 g/mol. The lowest BCUT2D eigenvalue weighted by atomic mass is 9.94. The minimum Gasteiger partial charge on any atom is -0.480 e. The Labute approximate surface area is 166 Å². The number of fused-ring (bicyclic) bond motifs is 2. The molecule has 1 aliphatic heterocycles. The summed E-state index contributed by atoms with van der Waals surface area (Å²) in [6, 6.07) is 11.3. The zero-order valence-corrected chi connectivity index (χ0v) is 15.6. The van der Waals surface area contributed by atoms with Gasteiger partial charge in [0.15, 0.2) is 11.5 Å². The smallest absolute Gasteiger partial charge is 0.325 e. The maximum Gasteiger partial charge on any atom is 0.325 e. The largest absolute Gasteiger partial charge is 0.480 e. The molecule has 1 atom stereocenters. The highest BCUT2D eigenvalue weighted by molar-refractivity contribution is 5.89. The second-order valence-corrected chi connectivity index (χ2v) is 7.50. The number of para-hydroxylation sites is 2. The van der Waals surface area contributed by atoms with Gasteiger partial charge in [0, 0.05) is 41.7 Å². The molecule has 5 rings (SSSR count). The van der Waals surface area contributed by atoms with E-state index in [9.17, 15) is 14.3 Å². The molecule has 148 valence electrons. The van der Waals surface area contributed by atoms with Crippen LogP contribution in [0.2, 0.25) is 0 Å². The normalized spacial score (nSPS) is 17.1. The fraction of sp³-hybridized carbons (Fsp3) is 0.273. The summed E-state index contributed by atoms with van der Waals surface area (Å²) in [7, 11) is 0. The number of oxazole rings is 1. The van der Waals surface area contributed by atoms with Crippen molar-refractivity contribution in [2.45, 2.75) is 24.8 Å². The fourth-order valence-corrected chi connectivity index (χ4v) is 4.30. The van der Waals surface area contributed by atoms with Crippen LogP contribution in [0.1, 0.15) is 36.3 Å². The van der Waals surface area contributed by atoms with Gasteiger partial charge >= 0.3 is 5.97 Å². The number of aromatic amines is 1. The average Bonchev–Trinajstić information content (AvgIpc) is 3.32. The second-order valence-electron chi connectivity index (χ2n) is 7.50. The summed E-state index contributed by atoms with van der Waals surface area (Å²) in [4.78, 5) is 21.7. The zero-order chi connectivity index (χ0) is 20.0. The lowest BCUT2D eigenvalue weighted by Gasteiger charge is -2.34. The molecule has 6 nitrogen and oxygen atoms in total. The van der Waals surface area contributed by atoms with E-state index in [4.69, 9.17) is 4.42 Å². The molecule has 2 aromatic heterocycles. The molecule has 0 bridgehead atoms. The molecule has 3 heterocycles. The maximum atomic E-state index is 13.5. The van der Waals surface area contributed by atoms with Gasteiger partial charge < -0.3 is 14.5 Å². The lowest BCUT2D eigenvalue weighted by Crippen LogP contribution is -2.39. The molecular weight excluding hydrogens is 373 g/mol. The molecule has 1 saturated heterocycles. The fourth-order valence-electron chi connectivity index (χ4n) is 4.30. The molecular formula is C22H20FN3O3. The third-order valence-electron chi connectivity index (χ3n) is 5.76. The van der Waals surface area contributed by atoms with Crippen molar-refractivity contribution in [1.82, 2.24) is 14.9 Å². The van der Waals surface area contributed by atoms with Gasteiger partial charge in [-0.1, -0.05) is 12.1 Å². The van der Waals surface area contributed by atoms with Crippen molar-refractivity contribution < 1.29 is 18.7 Å². The molecule has 2 N–H and O–H groups in total. The van der Waals surface area contributed by atoms with Crippen molar-refractivity contribution in [3.05, 3.63) is 65.9 Å². The van der Waals surface area contributed by atoms with Crippen LogP contribution in [0.5, 0.6) is 0 Å². The van der Waals surface area contributed by atoms with Gasteiger partial charge in [0.1, 0.15) is 17.4 Å². The molecule has 0 aliphatic carbocycles. The lowest BCUT2D eigenvalue weighted by molar-refractivity contribution is -0.144. The molecule has 1 fully saturated rings. The Bertz CT molecular complexity index is 1160. The number of nitrogens with one attached hydrogen (secondary N) is 1. The van der Waals surface area contributed by atoms with Crippen LogP contribution in [-0.4, -0.2) is 39.0 Å². The number of aliphatic carboxylic acids is 1. The van der Waals surface area contributed by atoms with E-state index < -0.39 is 12.0 Å². The molecule has 0 unspecified atom stereocenters. The van der Waals surface area contributed by atoms with Crippen LogP contribution in [0, 0.1) is 5.82 Å². The van der Waals surface area contributed by atoms with Crippen LogP contribution in [0.25, 0.3) is 22.0 Å². The zero-order valence-electron chi connectivity index (χ0n) is 15.6. The molecule has 1 aliphatic rings. The maximum absolute atomic E-state index is 13.5. The van der Waals surface area contributed by atoms with E-state index in [0.29, 0.717) is 24.2 Å². The van der Waals surface area contributed by atoms with Crippen LogP contribution in [-0.2, 0) is 4.79 Å². The first-order chi connectivity index (χ1) is 14.1. The highest BCUT2D eigenvalue weighted by Crippen LogP contribution is 2.35. The Morgan fingerprint density at radius 2 is 2.03 bits per heavy atom. The third kappa shape index (κ3) is 3.17. The number of piperidine rings is 1. The van der Waals surface area contributed by atoms with Crippen molar-refractivity contribution in [2.24, 2.45) is 0 Å². The number of carboxylic acid groups (broad SMARTS) is 1. The number of rotatable bonds is 4. The van der Waals surface area contributed by atoms with Gasteiger partial charge in [-0.3, -0.25) is 9.69 Å². The molecule has 0 amide bonds. The van der Waals surface area contributed by atoms with Gasteiger partial charge in [0.2, 0.25) is 0 Å². The van der Waals surface area contributed by atoms with E-state index in [1.165, 1.54) is 12.1 Å². The van der Waals surface area contributed by atoms with Crippen LogP contribution >= 0.6 is 0 Å². The van der Waals surface area contributed by atoms with Crippen molar-refractivity contribution in [2.75, 3.05) is 13.1 Å². The number of halogens is 1. The number of aromatic nitrogens is 2. The first kappa shape index (κ1) is 17.9. The Balaban J connectivity index is 1.38. The van der Waals surface area contributed by atoms with E-state index in [1.807, 2.05) is 29.2 Å². The van der Waals surface area contributed by atoms with Gasteiger partial charge in [-0.05, 0) is 43.2 Å². The van der Waals surface area contributed by atoms with Crippen LogP contribution in [0.3, 0.4) is 0 Å². The van der Waals surface area contributed by atoms with Crippen molar-refractivity contribution >= 4 is 28.0 Å². The summed E-state index contributed by atoms with van der Waals surface area (Å²) < 4.78 is 19.4. The van der Waals surface area contributed by atoms with Crippen molar-refractivity contribution in [3.8, 4) is 0 Å². The van der Waals surface area contributed by atoms with E-state index in [-0.39, 0.29) is 11.7 Å². The SMILES string of the molecule is O=C(O)[C@H](c1c[nH]c2cc(F)ccc12)N1CCC(c2nc3ccccc3o2)CC1. The quantitative estimate of drug-likeness (QED) is 0.535. The number of nitrogens with zero attached hydrogens (tertiary/aromatic N) is 2. The van der Waals surface area contributed by atoms with Gasteiger partial charge in [0.05, 0.1) is 0 Å². The van der Waals surface area contributed by atoms with Crippen LogP contribution in [0.4, 0.5) is 4.39 Å². The molecule has 0 saturated carbocycles. The topological polar surface area (TPSA) is 82.4 Å². The first-order valence-electron chi connectivity index (χ1n) is 9.69. The molecule has 4 aromatic rings. The minimum absolute atomic E-state index is 0.171. The van der Waals surface area contributed by atoms with Crippen LogP contribution < -0.4 is 0 Å². The van der Waals surface area contributed by atoms with E-state index in [0.717, 1.165) is 35.2 Å².